The highest BCUT2D eigenvalue weighted by Gasteiger charge is 2.03. The van der Waals surface area contributed by atoms with Crippen molar-refractivity contribution in [3.05, 3.63) is 53.0 Å². The van der Waals surface area contributed by atoms with Crippen molar-refractivity contribution in [1.82, 2.24) is 0 Å². The van der Waals surface area contributed by atoms with Crippen molar-refractivity contribution in [3.8, 4) is 16.9 Å². The van der Waals surface area contributed by atoms with E-state index in [1.54, 1.807) is 7.11 Å². The Bertz CT molecular complexity index is 483. The zero-order valence-electron chi connectivity index (χ0n) is 9.52. The first-order chi connectivity index (χ1) is 8.31. The first kappa shape index (κ1) is 12.1. The highest BCUT2D eigenvalue weighted by atomic mass is 79.9. The molecule has 0 aliphatic heterocycles. The van der Waals surface area contributed by atoms with E-state index in [4.69, 9.17) is 9.47 Å². The first-order valence-corrected chi connectivity index (χ1v) is 6.07. The minimum Gasteiger partial charge on any atom is -0.466 e. The second-order valence-corrected chi connectivity index (χ2v) is 4.42. The van der Waals surface area contributed by atoms with Gasteiger partial charge in [0, 0.05) is 7.11 Å². The summed E-state index contributed by atoms with van der Waals surface area (Å²) < 4.78 is 11.2. The maximum Gasteiger partial charge on any atom is 0.188 e. The SMILES string of the molecule is COCOc1ccc(-c2ccccc2)cc1Br. The first-order valence-electron chi connectivity index (χ1n) is 5.28. The number of methoxy groups -OCH3 is 1. The molecule has 2 rings (SSSR count). The number of rotatable bonds is 4. The van der Waals surface area contributed by atoms with Crippen molar-refractivity contribution < 1.29 is 9.47 Å². The van der Waals surface area contributed by atoms with Crippen LogP contribution in [0.25, 0.3) is 11.1 Å². The van der Waals surface area contributed by atoms with Crippen molar-refractivity contribution >= 4 is 15.9 Å². The van der Waals surface area contributed by atoms with Gasteiger partial charge in [0.2, 0.25) is 0 Å². The molecular formula is C14H13BrO2. The normalized spacial score (nSPS) is 10.2. The van der Waals surface area contributed by atoms with E-state index in [0.29, 0.717) is 0 Å². The third-order valence-electron chi connectivity index (χ3n) is 2.37. The summed E-state index contributed by atoms with van der Waals surface area (Å²) in [6.45, 7) is 0.253. The van der Waals surface area contributed by atoms with Crippen molar-refractivity contribution in [3.63, 3.8) is 0 Å². The van der Waals surface area contributed by atoms with Gasteiger partial charge >= 0.3 is 0 Å². The van der Waals surface area contributed by atoms with Gasteiger partial charge in [0.05, 0.1) is 4.47 Å². The average molecular weight is 293 g/mol. The molecule has 88 valence electrons. The van der Waals surface area contributed by atoms with Gasteiger partial charge in [-0.05, 0) is 39.2 Å². The van der Waals surface area contributed by atoms with Crippen LogP contribution >= 0.6 is 15.9 Å². The second kappa shape index (κ2) is 5.84. The van der Waals surface area contributed by atoms with E-state index in [1.165, 1.54) is 5.56 Å². The Morgan fingerprint density at radius 3 is 2.41 bits per heavy atom. The summed E-state index contributed by atoms with van der Waals surface area (Å²) >= 11 is 3.49. The Morgan fingerprint density at radius 2 is 1.76 bits per heavy atom. The molecule has 0 bridgehead atoms. The largest absolute Gasteiger partial charge is 0.466 e. The molecule has 0 saturated heterocycles. The van der Waals surface area contributed by atoms with Crippen LogP contribution in [-0.2, 0) is 4.74 Å². The molecule has 3 heteroatoms. The van der Waals surface area contributed by atoms with Crippen LogP contribution in [0.2, 0.25) is 0 Å². The van der Waals surface area contributed by atoms with Crippen LogP contribution in [0.3, 0.4) is 0 Å². The van der Waals surface area contributed by atoms with Crippen LogP contribution in [0.15, 0.2) is 53.0 Å². The summed E-state index contributed by atoms with van der Waals surface area (Å²) in [6.07, 6.45) is 0. The summed E-state index contributed by atoms with van der Waals surface area (Å²) in [4.78, 5) is 0. The van der Waals surface area contributed by atoms with Crippen molar-refractivity contribution in [2.75, 3.05) is 13.9 Å². The quantitative estimate of drug-likeness (QED) is 0.790. The third kappa shape index (κ3) is 3.08. The molecule has 0 N–H and O–H groups in total. The molecule has 0 unspecified atom stereocenters. The maximum absolute atomic E-state index is 5.41. The van der Waals surface area contributed by atoms with Crippen LogP contribution in [0.5, 0.6) is 5.75 Å². The summed E-state index contributed by atoms with van der Waals surface area (Å²) in [6, 6.07) is 16.2. The van der Waals surface area contributed by atoms with Gasteiger partial charge < -0.3 is 9.47 Å². The van der Waals surface area contributed by atoms with Gasteiger partial charge in [0.15, 0.2) is 6.79 Å². The summed E-state index contributed by atoms with van der Waals surface area (Å²) in [5, 5.41) is 0. The molecule has 0 spiro atoms. The lowest BCUT2D eigenvalue weighted by atomic mass is 10.1. The fraction of sp³-hybridized carbons (Fsp3) is 0.143. The molecule has 2 aromatic rings. The van der Waals surface area contributed by atoms with Crippen LogP contribution in [0.4, 0.5) is 0 Å². The number of hydrogen-bond acceptors (Lipinski definition) is 2. The van der Waals surface area contributed by atoms with Crippen LogP contribution in [-0.4, -0.2) is 13.9 Å². The summed E-state index contributed by atoms with van der Waals surface area (Å²) in [5.74, 6) is 0.784. The maximum atomic E-state index is 5.41. The second-order valence-electron chi connectivity index (χ2n) is 3.56. The molecule has 0 heterocycles. The molecule has 0 saturated carbocycles. The lowest BCUT2D eigenvalue weighted by Crippen LogP contribution is -1.99. The standard InChI is InChI=1S/C14H13BrO2/c1-16-10-17-14-8-7-12(9-13(14)15)11-5-3-2-4-6-11/h2-9H,10H2,1H3. The van der Waals surface area contributed by atoms with Crippen LogP contribution in [0.1, 0.15) is 0 Å². The monoisotopic (exact) mass is 292 g/mol. The minimum atomic E-state index is 0.253. The zero-order valence-corrected chi connectivity index (χ0v) is 11.1. The molecule has 0 aromatic heterocycles. The molecule has 0 fully saturated rings. The molecule has 2 aromatic carbocycles. The minimum absolute atomic E-state index is 0.253. The number of benzene rings is 2. The summed E-state index contributed by atoms with van der Waals surface area (Å²) in [5.41, 5.74) is 2.34. The van der Waals surface area contributed by atoms with Gasteiger partial charge in [0.1, 0.15) is 5.75 Å². The molecule has 0 atom stereocenters. The lowest BCUT2D eigenvalue weighted by molar-refractivity contribution is 0.0506. The molecule has 0 amide bonds. The predicted molar refractivity (Wildman–Crippen MR) is 72.1 cm³/mol. The third-order valence-corrected chi connectivity index (χ3v) is 2.99. The topological polar surface area (TPSA) is 18.5 Å². The molecular weight excluding hydrogens is 280 g/mol. The molecule has 2 nitrogen and oxygen atoms in total. The number of halogens is 1. The highest BCUT2D eigenvalue weighted by Crippen LogP contribution is 2.30. The van der Waals surface area contributed by atoms with Crippen molar-refractivity contribution in [2.45, 2.75) is 0 Å². The Morgan fingerprint density at radius 1 is 1.00 bits per heavy atom. The van der Waals surface area contributed by atoms with Gasteiger partial charge in [-0.1, -0.05) is 36.4 Å². The fourth-order valence-corrected chi connectivity index (χ4v) is 2.04. The number of ether oxygens (including phenoxy) is 2. The van der Waals surface area contributed by atoms with Gasteiger partial charge in [-0.15, -0.1) is 0 Å². The van der Waals surface area contributed by atoms with Crippen LogP contribution in [0, 0.1) is 0 Å². The van der Waals surface area contributed by atoms with E-state index in [-0.39, 0.29) is 6.79 Å². The zero-order chi connectivity index (χ0) is 12.1. The van der Waals surface area contributed by atoms with E-state index < -0.39 is 0 Å². The van der Waals surface area contributed by atoms with Gasteiger partial charge in [-0.3, -0.25) is 0 Å². The van der Waals surface area contributed by atoms with Gasteiger partial charge in [-0.2, -0.15) is 0 Å². The fourth-order valence-electron chi connectivity index (χ4n) is 1.55. The van der Waals surface area contributed by atoms with Gasteiger partial charge in [0.25, 0.3) is 0 Å². The van der Waals surface area contributed by atoms with Crippen LogP contribution < -0.4 is 4.74 Å². The van der Waals surface area contributed by atoms with E-state index in [0.717, 1.165) is 15.8 Å². The smallest absolute Gasteiger partial charge is 0.188 e. The Kier molecular flexibility index (Phi) is 4.18. The van der Waals surface area contributed by atoms with E-state index in [2.05, 4.69) is 28.1 Å². The lowest BCUT2D eigenvalue weighted by Gasteiger charge is -2.08. The number of hydrogen-bond donors (Lipinski definition) is 0. The van der Waals surface area contributed by atoms with Gasteiger partial charge in [-0.25, -0.2) is 0 Å². The predicted octanol–water partition coefficient (Wildman–Crippen LogP) is 4.10. The highest BCUT2D eigenvalue weighted by molar-refractivity contribution is 9.10. The molecule has 0 radical (unpaired) electrons. The molecule has 0 aliphatic rings. The van der Waals surface area contributed by atoms with Crippen molar-refractivity contribution in [2.24, 2.45) is 0 Å². The van der Waals surface area contributed by atoms with E-state index in [9.17, 15) is 0 Å². The molecule has 17 heavy (non-hydrogen) atoms. The Labute approximate surface area is 109 Å². The van der Waals surface area contributed by atoms with Crippen molar-refractivity contribution in [1.29, 1.82) is 0 Å². The Hall–Kier alpha value is -1.32. The average Bonchev–Trinajstić information content (AvgIpc) is 2.38. The van der Waals surface area contributed by atoms with E-state index >= 15 is 0 Å². The Balaban J connectivity index is 2.25. The van der Waals surface area contributed by atoms with E-state index in [1.807, 2.05) is 36.4 Å². The molecule has 0 aliphatic carbocycles. The summed E-state index contributed by atoms with van der Waals surface area (Å²) in [7, 11) is 1.60.